The van der Waals surface area contributed by atoms with Gasteiger partial charge in [-0.25, -0.2) is 0 Å². The maximum Gasteiger partial charge on any atom is 0.257 e. The highest BCUT2D eigenvalue weighted by molar-refractivity contribution is 14.0. The molecule has 2 aromatic rings. The number of ether oxygens (including phenoxy) is 1. The molecular weight excluding hydrogens is 519 g/mol. The number of guanidine groups is 1. The highest BCUT2D eigenvalue weighted by Crippen LogP contribution is 2.18. The van der Waals surface area contributed by atoms with E-state index in [0.717, 1.165) is 76.1 Å². The zero-order chi connectivity index (χ0) is 22.1. The molecule has 0 radical (unpaired) electrons. The quantitative estimate of drug-likeness (QED) is 0.279. The van der Waals surface area contributed by atoms with Crippen LogP contribution in [0.25, 0.3) is 11.5 Å². The second-order valence-electron chi connectivity index (χ2n) is 8.35. The molecule has 178 valence electrons. The van der Waals surface area contributed by atoms with E-state index in [1.807, 2.05) is 19.1 Å². The smallest absolute Gasteiger partial charge is 0.257 e. The normalized spacial score (nSPS) is 15.3. The summed E-state index contributed by atoms with van der Waals surface area (Å²) in [4.78, 5) is 11.7. The van der Waals surface area contributed by atoms with Gasteiger partial charge in [-0.3, -0.25) is 9.89 Å². The van der Waals surface area contributed by atoms with E-state index in [-0.39, 0.29) is 29.5 Å². The summed E-state index contributed by atoms with van der Waals surface area (Å²) < 4.78 is 10.8. The Morgan fingerprint density at radius 2 is 1.84 bits per heavy atom. The van der Waals surface area contributed by atoms with E-state index >= 15 is 0 Å². The molecule has 1 saturated heterocycles. The number of nitrogens with one attached hydrogen (secondary N) is 2. The van der Waals surface area contributed by atoms with E-state index in [1.165, 1.54) is 5.56 Å². The zero-order valence-corrected chi connectivity index (χ0v) is 22.0. The maximum atomic E-state index is 5.48. The lowest BCUT2D eigenvalue weighted by molar-refractivity contribution is -0.00683. The van der Waals surface area contributed by atoms with Gasteiger partial charge in [-0.1, -0.05) is 24.2 Å². The van der Waals surface area contributed by atoms with Crippen molar-refractivity contribution < 1.29 is 9.26 Å². The van der Waals surface area contributed by atoms with E-state index in [9.17, 15) is 0 Å². The number of rotatable bonds is 9. The van der Waals surface area contributed by atoms with Gasteiger partial charge in [0.15, 0.2) is 11.8 Å². The summed E-state index contributed by atoms with van der Waals surface area (Å²) in [6.45, 7) is 14.5. The Hall–Kier alpha value is -1.72. The van der Waals surface area contributed by atoms with Crippen LogP contribution in [0.4, 0.5) is 0 Å². The maximum absolute atomic E-state index is 5.48. The Morgan fingerprint density at radius 3 is 2.47 bits per heavy atom. The fourth-order valence-corrected chi connectivity index (χ4v) is 3.54. The number of benzene rings is 1. The fraction of sp³-hybridized carbons (Fsp3) is 0.609. The monoisotopic (exact) mass is 556 g/mol. The van der Waals surface area contributed by atoms with E-state index in [2.05, 4.69) is 58.6 Å². The molecule has 1 aliphatic rings. The van der Waals surface area contributed by atoms with Crippen molar-refractivity contribution in [2.75, 3.05) is 45.9 Å². The van der Waals surface area contributed by atoms with Crippen LogP contribution in [0.3, 0.4) is 0 Å². The van der Waals surface area contributed by atoms with Gasteiger partial charge < -0.3 is 19.9 Å². The third-order valence-electron chi connectivity index (χ3n) is 5.53. The Kier molecular flexibility index (Phi) is 10.9. The molecule has 2 heterocycles. The van der Waals surface area contributed by atoms with Gasteiger partial charge in [-0.05, 0) is 44.9 Å². The molecule has 0 saturated carbocycles. The average molecular weight is 556 g/mol. The molecule has 9 heteroatoms. The van der Waals surface area contributed by atoms with Crippen LogP contribution >= 0.6 is 24.0 Å². The Bertz CT molecular complexity index is 831. The first-order chi connectivity index (χ1) is 15.0. The SMILES string of the molecule is CCNC(=NCC(C)(C)N1CCOCC1)NCCc1ccc(-c2nc(CC)no2)cc1.I. The lowest BCUT2D eigenvalue weighted by Gasteiger charge is -2.39. The average Bonchev–Trinajstić information content (AvgIpc) is 3.28. The summed E-state index contributed by atoms with van der Waals surface area (Å²) in [5.74, 6) is 2.17. The van der Waals surface area contributed by atoms with Crippen molar-refractivity contribution in [2.24, 2.45) is 4.99 Å². The molecule has 1 fully saturated rings. The van der Waals surface area contributed by atoms with Crippen molar-refractivity contribution in [3.05, 3.63) is 35.7 Å². The molecule has 0 bridgehead atoms. The van der Waals surface area contributed by atoms with Crippen molar-refractivity contribution in [1.29, 1.82) is 0 Å². The fourth-order valence-electron chi connectivity index (χ4n) is 3.54. The van der Waals surface area contributed by atoms with Gasteiger partial charge in [-0.15, -0.1) is 24.0 Å². The van der Waals surface area contributed by atoms with Gasteiger partial charge in [0, 0.05) is 43.7 Å². The van der Waals surface area contributed by atoms with Crippen LogP contribution in [0.2, 0.25) is 0 Å². The highest BCUT2D eigenvalue weighted by Gasteiger charge is 2.28. The first-order valence-corrected chi connectivity index (χ1v) is 11.3. The summed E-state index contributed by atoms with van der Waals surface area (Å²) in [5.41, 5.74) is 2.20. The number of aromatic nitrogens is 2. The molecule has 0 atom stereocenters. The van der Waals surface area contributed by atoms with E-state index < -0.39 is 0 Å². The molecule has 0 amide bonds. The van der Waals surface area contributed by atoms with Gasteiger partial charge in [0.2, 0.25) is 0 Å². The zero-order valence-electron chi connectivity index (χ0n) is 19.7. The number of halogens is 1. The lowest BCUT2D eigenvalue weighted by Crippen LogP contribution is -2.52. The standard InChI is InChI=1S/C23H36N6O2.HI/c1-5-20-27-21(31-28-20)19-9-7-18(8-10-19)11-12-25-22(24-6-2)26-17-23(3,4)29-13-15-30-16-14-29;/h7-10H,5-6,11-17H2,1-4H3,(H2,24,25,26);1H. The molecule has 0 spiro atoms. The molecule has 3 rings (SSSR count). The van der Waals surface area contributed by atoms with Crippen LogP contribution in [0.5, 0.6) is 0 Å². The summed E-state index contributed by atoms with van der Waals surface area (Å²) in [7, 11) is 0. The van der Waals surface area contributed by atoms with Gasteiger partial charge >= 0.3 is 0 Å². The van der Waals surface area contributed by atoms with Gasteiger partial charge in [0.05, 0.1) is 19.8 Å². The number of hydrogen-bond donors (Lipinski definition) is 2. The topological polar surface area (TPSA) is 87.8 Å². The third-order valence-corrected chi connectivity index (χ3v) is 5.53. The van der Waals surface area contributed by atoms with Gasteiger partial charge in [-0.2, -0.15) is 4.98 Å². The molecule has 0 unspecified atom stereocenters. The van der Waals surface area contributed by atoms with Gasteiger partial charge in [0.25, 0.3) is 5.89 Å². The van der Waals surface area contributed by atoms with Crippen LogP contribution in [-0.4, -0.2) is 72.5 Å². The predicted molar refractivity (Wildman–Crippen MR) is 139 cm³/mol. The molecular formula is C23H37IN6O2. The molecule has 1 aromatic heterocycles. The van der Waals surface area contributed by atoms with E-state index in [4.69, 9.17) is 14.3 Å². The second kappa shape index (κ2) is 13.1. The molecule has 32 heavy (non-hydrogen) atoms. The summed E-state index contributed by atoms with van der Waals surface area (Å²) >= 11 is 0. The molecule has 1 aliphatic heterocycles. The number of aliphatic imine (C=N–C) groups is 1. The first-order valence-electron chi connectivity index (χ1n) is 11.3. The van der Waals surface area contributed by atoms with Crippen molar-refractivity contribution in [3.63, 3.8) is 0 Å². The predicted octanol–water partition coefficient (Wildman–Crippen LogP) is 3.13. The second-order valence-corrected chi connectivity index (χ2v) is 8.35. The third kappa shape index (κ3) is 7.70. The Balaban J connectivity index is 0.00000363. The molecule has 1 aromatic carbocycles. The van der Waals surface area contributed by atoms with Crippen LogP contribution in [0, 0.1) is 0 Å². The number of aryl methyl sites for hydroxylation is 1. The van der Waals surface area contributed by atoms with Crippen LogP contribution < -0.4 is 10.6 Å². The minimum Gasteiger partial charge on any atom is -0.379 e. The van der Waals surface area contributed by atoms with E-state index in [0.29, 0.717) is 5.89 Å². The molecule has 0 aliphatic carbocycles. The van der Waals surface area contributed by atoms with Crippen LogP contribution in [0.1, 0.15) is 39.1 Å². The number of nitrogens with zero attached hydrogens (tertiary/aromatic N) is 4. The van der Waals surface area contributed by atoms with Crippen LogP contribution in [-0.2, 0) is 17.6 Å². The van der Waals surface area contributed by atoms with E-state index in [1.54, 1.807) is 0 Å². The van der Waals surface area contributed by atoms with Crippen LogP contribution in [0.15, 0.2) is 33.8 Å². The minimum atomic E-state index is 0. The first kappa shape index (κ1) is 26.5. The Labute approximate surface area is 208 Å². The van der Waals surface area contributed by atoms with Crippen molar-refractivity contribution in [1.82, 2.24) is 25.7 Å². The number of hydrogen-bond acceptors (Lipinski definition) is 6. The van der Waals surface area contributed by atoms with Crippen molar-refractivity contribution in [2.45, 2.75) is 46.1 Å². The summed E-state index contributed by atoms with van der Waals surface area (Å²) in [6.07, 6.45) is 1.67. The lowest BCUT2D eigenvalue weighted by atomic mass is 10.0. The summed E-state index contributed by atoms with van der Waals surface area (Å²) in [5, 5.41) is 10.8. The minimum absolute atomic E-state index is 0. The number of morpholine rings is 1. The van der Waals surface area contributed by atoms with Crippen molar-refractivity contribution >= 4 is 29.9 Å². The van der Waals surface area contributed by atoms with Gasteiger partial charge in [0.1, 0.15) is 0 Å². The summed E-state index contributed by atoms with van der Waals surface area (Å²) in [6, 6.07) is 8.29. The highest BCUT2D eigenvalue weighted by atomic mass is 127. The Morgan fingerprint density at radius 1 is 1.12 bits per heavy atom. The van der Waals surface area contributed by atoms with Crippen molar-refractivity contribution in [3.8, 4) is 11.5 Å². The molecule has 8 nitrogen and oxygen atoms in total. The molecule has 2 N–H and O–H groups in total. The largest absolute Gasteiger partial charge is 0.379 e.